The molecule has 1 aliphatic heterocycles. The van der Waals surface area contributed by atoms with Crippen LogP contribution in [-0.4, -0.2) is 54.3 Å². The summed E-state index contributed by atoms with van der Waals surface area (Å²) in [5, 5.41) is 13.1. The summed E-state index contributed by atoms with van der Waals surface area (Å²) in [4.78, 5) is 16.2. The zero-order chi connectivity index (χ0) is 23.2. The lowest BCUT2D eigenvalue weighted by atomic mass is 10.1. The van der Waals surface area contributed by atoms with Crippen LogP contribution in [0.25, 0.3) is 32.4 Å². The fourth-order valence-corrected chi connectivity index (χ4v) is 5.46. The van der Waals surface area contributed by atoms with Gasteiger partial charge in [0.2, 0.25) is 5.95 Å². The van der Waals surface area contributed by atoms with Gasteiger partial charge in [-0.3, -0.25) is 4.90 Å². The van der Waals surface area contributed by atoms with Crippen LogP contribution in [0.5, 0.6) is 0 Å². The van der Waals surface area contributed by atoms with E-state index in [1.54, 1.807) is 25.2 Å². The van der Waals surface area contributed by atoms with E-state index in [1.165, 1.54) is 12.8 Å². The molecule has 33 heavy (non-hydrogen) atoms. The molecule has 1 unspecified atom stereocenters. The van der Waals surface area contributed by atoms with Gasteiger partial charge in [0.15, 0.2) is 0 Å². The third kappa shape index (κ3) is 4.32. The van der Waals surface area contributed by atoms with Gasteiger partial charge in [-0.1, -0.05) is 12.8 Å². The second kappa shape index (κ2) is 8.41. The first-order valence-electron chi connectivity index (χ1n) is 11.3. The number of nitrogens with zero attached hydrogens (tertiary/aromatic N) is 5. The number of nitrogen functional groups attached to an aromatic ring is 1. The topological polar surface area (TPSA) is 93.1 Å². The Morgan fingerprint density at radius 2 is 2.18 bits per heavy atom. The van der Waals surface area contributed by atoms with Crippen molar-refractivity contribution >= 4 is 38.4 Å². The van der Waals surface area contributed by atoms with E-state index in [9.17, 15) is 5.11 Å². The predicted octanol–water partition coefficient (Wildman–Crippen LogP) is 3.90. The molecule has 8 heteroatoms. The lowest BCUT2D eigenvalue weighted by Crippen LogP contribution is -2.32. The van der Waals surface area contributed by atoms with E-state index >= 15 is 0 Å². The van der Waals surface area contributed by atoms with E-state index in [0.29, 0.717) is 11.7 Å². The quantitative estimate of drug-likeness (QED) is 0.449. The van der Waals surface area contributed by atoms with Gasteiger partial charge in [-0.15, -0.1) is 11.3 Å². The lowest BCUT2D eigenvalue weighted by Gasteiger charge is -2.23. The van der Waals surface area contributed by atoms with E-state index in [0.717, 1.165) is 52.0 Å². The number of pyridine rings is 1. The van der Waals surface area contributed by atoms with Gasteiger partial charge < -0.3 is 15.4 Å². The van der Waals surface area contributed by atoms with Crippen LogP contribution >= 0.6 is 11.3 Å². The fourth-order valence-electron chi connectivity index (χ4n) is 4.62. The molecule has 0 amide bonds. The van der Waals surface area contributed by atoms with Gasteiger partial charge in [0, 0.05) is 29.7 Å². The fraction of sp³-hybridized carbons (Fsp3) is 0.400. The van der Waals surface area contributed by atoms with Crippen LogP contribution in [0.2, 0.25) is 0 Å². The van der Waals surface area contributed by atoms with Crippen molar-refractivity contribution in [2.45, 2.75) is 51.8 Å². The maximum atomic E-state index is 10.0. The Kier molecular flexibility index (Phi) is 5.57. The maximum absolute atomic E-state index is 10.0. The van der Waals surface area contributed by atoms with Gasteiger partial charge in [0.25, 0.3) is 0 Å². The van der Waals surface area contributed by atoms with E-state index in [4.69, 9.17) is 5.73 Å². The Bertz CT molecular complexity index is 1390. The van der Waals surface area contributed by atoms with E-state index in [-0.39, 0.29) is 5.95 Å². The summed E-state index contributed by atoms with van der Waals surface area (Å²) in [7, 11) is 0. The van der Waals surface area contributed by atoms with Crippen LogP contribution < -0.4 is 5.73 Å². The lowest BCUT2D eigenvalue weighted by molar-refractivity contribution is 0.143. The Morgan fingerprint density at radius 3 is 2.97 bits per heavy atom. The molecule has 0 bridgehead atoms. The van der Waals surface area contributed by atoms with Gasteiger partial charge in [0.05, 0.1) is 27.6 Å². The zero-order valence-electron chi connectivity index (χ0n) is 19.2. The van der Waals surface area contributed by atoms with Crippen molar-refractivity contribution in [3.63, 3.8) is 0 Å². The Morgan fingerprint density at radius 1 is 1.33 bits per heavy atom. The zero-order valence-corrected chi connectivity index (χ0v) is 20.0. The molecule has 5 rings (SSSR count). The van der Waals surface area contributed by atoms with Crippen LogP contribution in [0, 0.1) is 11.8 Å². The molecule has 7 nitrogen and oxygen atoms in total. The summed E-state index contributed by atoms with van der Waals surface area (Å²) in [6.07, 6.45) is 6.49. The molecule has 1 aliphatic rings. The first kappa shape index (κ1) is 21.8. The van der Waals surface area contributed by atoms with Gasteiger partial charge in [-0.25, -0.2) is 15.0 Å². The highest BCUT2D eigenvalue weighted by Crippen LogP contribution is 2.37. The van der Waals surface area contributed by atoms with Crippen molar-refractivity contribution in [1.82, 2.24) is 24.4 Å². The van der Waals surface area contributed by atoms with Crippen molar-refractivity contribution in [2.24, 2.45) is 0 Å². The highest BCUT2D eigenvalue weighted by molar-refractivity contribution is 7.17. The van der Waals surface area contributed by atoms with Crippen LogP contribution in [0.15, 0.2) is 29.9 Å². The molecule has 3 N–H and O–H groups in total. The number of rotatable bonds is 4. The number of anilines is 1. The highest BCUT2D eigenvalue weighted by Gasteiger charge is 2.25. The van der Waals surface area contributed by atoms with Crippen molar-refractivity contribution in [2.75, 3.05) is 18.8 Å². The molecule has 1 saturated heterocycles. The van der Waals surface area contributed by atoms with E-state index < -0.39 is 5.60 Å². The van der Waals surface area contributed by atoms with Crippen molar-refractivity contribution < 1.29 is 5.11 Å². The number of likely N-dealkylation sites (tertiary alicyclic amines) is 1. The average Bonchev–Trinajstić information content (AvgIpc) is 3.50. The normalized spacial score (nSPS) is 17.0. The summed E-state index contributed by atoms with van der Waals surface area (Å²) in [5.74, 6) is 6.14. The monoisotopic (exact) mass is 460 g/mol. The Labute approximate surface area is 197 Å². The minimum Gasteiger partial charge on any atom is -0.378 e. The highest BCUT2D eigenvalue weighted by atomic mass is 32.1. The largest absolute Gasteiger partial charge is 0.378 e. The summed E-state index contributed by atoms with van der Waals surface area (Å²) in [5.41, 5.74) is 9.34. The minimum absolute atomic E-state index is 0.265. The van der Waals surface area contributed by atoms with Gasteiger partial charge in [-0.2, -0.15) is 0 Å². The second-order valence-corrected chi connectivity index (χ2v) is 10.00. The van der Waals surface area contributed by atoms with Gasteiger partial charge >= 0.3 is 0 Å². The van der Waals surface area contributed by atoms with Crippen molar-refractivity contribution in [3.8, 4) is 23.1 Å². The molecule has 4 aromatic heterocycles. The standard InChI is InChI=1S/C25H28N6OS/c1-4-30-10-5-6-17(30)14-31-15-19(22-23-20(8-11-33-23)28-24(26)29-22)18-12-16(27-13-21(18)31)7-9-25(2,3)32/h8,11-13,15,17,32H,4-6,10,14H2,1-3H3,(H2,26,28,29). The molecule has 170 valence electrons. The molecule has 0 aromatic carbocycles. The number of aromatic nitrogens is 4. The molecule has 4 aromatic rings. The third-order valence-corrected chi connectivity index (χ3v) is 7.06. The smallest absolute Gasteiger partial charge is 0.221 e. The van der Waals surface area contributed by atoms with E-state index in [1.807, 2.05) is 23.7 Å². The third-order valence-electron chi connectivity index (χ3n) is 6.15. The van der Waals surface area contributed by atoms with Crippen LogP contribution in [0.4, 0.5) is 5.95 Å². The van der Waals surface area contributed by atoms with Gasteiger partial charge in [-0.05, 0) is 63.2 Å². The number of hydrogen-bond donors (Lipinski definition) is 2. The first-order valence-corrected chi connectivity index (χ1v) is 12.2. The van der Waals surface area contributed by atoms with Crippen LogP contribution in [-0.2, 0) is 6.54 Å². The Balaban J connectivity index is 1.69. The predicted molar refractivity (Wildman–Crippen MR) is 134 cm³/mol. The molecule has 0 saturated carbocycles. The summed E-state index contributed by atoms with van der Waals surface area (Å²) in [6, 6.07) is 4.47. The number of fused-ring (bicyclic) bond motifs is 2. The number of hydrogen-bond acceptors (Lipinski definition) is 7. The molecule has 0 aliphatic carbocycles. The minimum atomic E-state index is -1.08. The first-order chi connectivity index (χ1) is 15.8. The number of nitrogens with two attached hydrogens (primary N) is 1. The molecular weight excluding hydrogens is 432 g/mol. The van der Waals surface area contributed by atoms with Crippen LogP contribution in [0.1, 0.15) is 39.3 Å². The number of thiophene rings is 1. The SMILES string of the molecule is CCN1CCCC1Cn1cc(-c2nc(N)nc3ccsc23)c2cc(C#CC(C)(C)O)ncc21. The number of likely N-dealkylation sites (N-methyl/N-ethyl adjacent to an activating group) is 1. The summed E-state index contributed by atoms with van der Waals surface area (Å²) < 4.78 is 3.31. The average molecular weight is 461 g/mol. The molecular formula is C25H28N6OS. The van der Waals surface area contributed by atoms with Crippen molar-refractivity contribution in [3.05, 3.63) is 35.6 Å². The van der Waals surface area contributed by atoms with Crippen molar-refractivity contribution in [1.29, 1.82) is 0 Å². The molecule has 0 radical (unpaired) electrons. The van der Waals surface area contributed by atoms with Crippen LogP contribution in [0.3, 0.4) is 0 Å². The molecule has 5 heterocycles. The maximum Gasteiger partial charge on any atom is 0.221 e. The van der Waals surface area contributed by atoms with Gasteiger partial charge in [0.1, 0.15) is 11.3 Å². The number of aliphatic hydroxyl groups is 1. The Hall–Kier alpha value is -2.99. The second-order valence-electron chi connectivity index (χ2n) is 9.08. The molecule has 0 spiro atoms. The molecule has 1 fully saturated rings. The van der Waals surface area contributed by atoms with E-state index in [2.05, 4.69) is 49.4 Å². The summed E-state index contributed by atoms with van der Waals surface area (Å²) >= 11 is 1.62. The summed E-state index contributed by atoms with van der Waals surface area (Å²) in [6.45, 7) is 8.67. The molecule has 1 atom stereocenters.